The van der Waals surface area contributed by atoms with Gasteiger partial charge < -0.3 is 20.7 Å². The van der Waals surface area contributed by atoms with E-state index in [0.29, 0.717) is 17.3 Å². The fourth-order valence-corrected chi connectivity index (χ4v) is 4.08. The summed E-state index contributed by atoms with van der Waals surface area (Å²) in [5.41, 5.74) is 11.9. The zero-order chi connectivity index (χ0) is 18.9. The number of halogens is 1. The van der Waals surface area contributed by atoms with Crippen molar-refractivity contribution in [2.24, 2.45) is 5.41 Å². The van der Waals surface area contributed by atoms with Crippen molar-refractivity contribution in [3.8, 4) is 0 Å². The molecule has 140 valence electrons. The van der Waals surface area contributed by atoms with E-state index in [9.17, 15) is 4.79 Å². The smallest absolute Gasteiger partial charge is 0.229 e. The second-order valence-corrected chi connectivity index (χ2v) is 9.04. The summed E-state index contributed by atoms with van der Waals surface area (Å²) in [4.78, 5) is 15.0. The third-order valence-corrected chi connectivity index (χ3v) is 5.87. The minimum atomic E-state index is -0.461. The molecule has 1 amide bonds. The van der Waals surface area contributed by atoms with Gasteiger partial charge in [0.2, 0.25) is 5.91 Å². The first kappa shape index (κ1) is 20.3. The van der Waals surface area contributed by atoms with Crippen LogP contribution in [0.25, 0.3) is 0 Å². The second kappa shape index (κ2) is 7.70. The summed E-state index contributed by atoms with van der Waals surface area (Å²) in [7, 11) is 0. The molecule has 1 aliphatic rings. The summed E-state index contributed by atoms with van der Waals surface area (Å²) < 4.78 is 5.89. The number of carbonyl (C=O) groups is 1. The van der Waals surface area contributed by atoms with Crippen LogP contribution >= 0.6 is 22.6 Å². The Morgan fingerprint density at radius 1 is 1.36 bits per heavy atom. The topological polar surface area (TPSA) is 67.6 Å². The van der Waals surface area contributed by atoms with Crippen LogP contribution in [0, 0.1) is 19.3 Å². The third kappa shape index (κ3) is 4.05. The van der Waals surface area contributed by atoms with Crippen LogP contribution in [0.4, 0.5) is 17.1 Å². The number of benzene rings is 1. The van der Waals surface area contributed by atoms with Gasteiger partial charge in [-0.1, -0.05) is 43.4 Å². The molecule has 1 aromatic rings. The van der Waals surface area contributed by atoms with Crippen molar-refractivity contribution in [1.29, 1.82) is 0 Å². The van der Waals surface area contributed by atoms with Crippen molar-refractivity contribution in [2.45, 2.75) is 52.0 Å². The highest BCUT2D eigenvalue weighted by Crippen LogP contribution is 2.47. The minimum Gasteiger partial charge on any atom is -0.398 e. The molecule has 1 atom stereocenters. The second-order valence-electron chi connectivity index (χ2n) is 7.60. The van der Waals surface area contributed by atoms with E-state index in [4.69, 9.17) is 10.5 Å². The van der Waals surface area contributed by atoms with Gasteiger partial charge in [-0.25, -0.2) is 0 Å². The maximum absolute atomic E-state index is 12.6. The fraction of sp³-hybridized carbons (Fsp3) is 0.632. The molecule has 25 heavy (non-hydrogen) atoms. The number of rotatable bonds is 5. The Balaban J connectivity index is 2.51. The van der Waals surface area contributed by atoms with Crippen LogP contribution in [0.5, 0.6) is 0 Å². The van der Waals surface area contributed by atoms with Crippen molar-refractivity contribution in [3.05, 3.63) is 16.7 Å². The number of carbonyl (C=O) groups excluding carboxylic acids is 1. The minimum absolute atomic E-state index is 0.00252. The monoisotopic (exact) mass is 459 g/mol. The lowest BCUT2D eigenvalue weighted by molar-refractivity contribution is -0.123. The highest BCUT2D eigenvalue weighted by molar-refractivity contribution is 14.1. The molecule has 1 unspecified atom stereocenters. The summed E-state index contributed by atoms with van der Waals surface area (Å²) in [6.45, 7) is 14.0. The number of anilines is 3. The zero-order valence-corrected chi connectivity index (χ0v) is 18.3. The normalized spacial score (nSPS) is 16.9. The van der Waals surface area contributed by atoms with Gasteiger partial charge in [0.05, 0.1) is 22.0 Å². The number of amides is 1. The lowest BCUT2D eigenvalue weighted by Gasteiger charge is -2.29. The van der Waals surface area contributed by atoms with Crippen molar-refractivity contribution in [2.75, 3.05) is 35.7 Å². The van der Waals surface area contributed by atoms with Gasteiger partial charge in [-0.15, -0.1) is 0 Å². The van der Waals surface area contributed by atoms with Crippen molar-refractivity contribution >= 4 is 45.6 Å². The van der Waals surface area contributed by atoms with Crippen molar-refractivity contribution < 1.29 is 9.53 Å². The van der Waals surface area contributed by atoms with Gasteiger partial charge in [0.25, 0.3) is 0 Å². The number of fused-ring (bicyclic) bond motifs is 1. The first-order valence-corrected chi connectivity index (χ1v) is 10.1. The van der Waals surface area contributed by atoms with E-state index in [0.717, 1.165) is 41.2 Å². The summed E-state index contributed by atoms with van der Waals surface area (Å²) >= 11 is 2.46. The van der Waals surface area contributed by atoms with Crippen LogP contribution in [0.2, 0.25) is 0 Å². The molecule has 3 N–H and O–H groups in total. The van der Waals surface area contributed by atoms with Gasteiger partial charge in [-0.2, -0.15) is 0 Å². The predicted octanol–water partition coefficient (Wildman–Crippen LogP) is 4.03. The molecular formula is C19H30IN3O2. The van der Waals surface area contributed by atoms with Gasteiger partial charge in [0.15, 0.2) is 0 Å². The molecular weight excluding hydrogens is 429 g/mol. The van der Waals surface area contributed by atoms with Gasteiger partial charge in [0, 0.05) is 30.7 Å². The lowest BCUT2D eigenvalue weighted by atomic mass is 9.94. The molecule has 5 nitrogen and oxygen atoms in total. The number of nitrogens with two attached hydrogens (primary N) is 1. The molecule has 0 spiro atoms. The van der Waals surface area contributed by atoms with Crippen LogP contribution in [0.1, 0.15) is 44.4 Å². The average Bonchev–Trinajstić information content (AvgIpc) is 2.85. The summed E-state index contributed by atoms with van der Waals surface area (Å²) in [5, 5.41) is 3.15. The average molecular weight is 459 g/mol. The Morgan fingerprint density at radius 2 is 2.00 bits per heavy atom. The molecule has 1 aliphatic heterocycles. The first-order chi connectivity index (χ1) is 11.6. The molecule has 0 fully saturated rings. The summed E-state index contributed by atoms with van der Waals surface area (Å²) in [6.07, 6.45) is 0.927. The quantitative estimate of drug-likeness (QED) is 0.230. The molecule has 6 heteroatoms. The van der Waals surface area contributed by atoms with Gasteiger partial charge >= 0.3 is 0 Å². The highest BCUT2D eigenvalue weighted by atomic mass is 127. The van der Waals surface area contributed by atoms with E-state index in [1.807, 2.05) is 34.6 Å². The Labute approximate surface area is 164 Å². The Hall–Kier alpha value is -1.02. The van der Waals surface area contributed by atoms with E-state index in [1.54, 1.807) is 0 Å². The largest absolute Gasteiger partial charge is 0.398 e. The number of alkyl halides is 1. The Morgan fingerprint density at radius 3 is 2.56 bits per heavy atom. The van der Waals surface area contributed by atoms with Gasteiger partial charge in [0.1, 0.15) is 0 Å². The number of hydrogen-bond donors (Lipinski definition) is 2. The molecule has 0 aromatic heterocycles. The maximum Gasteiger partial charge on any atom is 0.229 e. The van der Waals surface area contributed by atoms with E-state index in [1.165, 1.54) is 5.56 Å². The molecule has 0 aliphatic carbocycles. The van der Waals surface area contributed by atoms with Gasteiger partial charge in [-0.3, -0.25) is 4.79 Å². The predicted molar refractivity (Wildman–Crippen MR) is 114 cm³/mol. The van der Waals surface area contributed by atoms with E-state index in [-0.39, 0.29) is 5.91 Å². The summed E-state index contributed by atoms with van der Waals surface area (Å²) in [5.74, 6) is 0.00252. The van der Waals surface area contributed by atoms with Crippen LogP contribution in [-0.2, 0) is 16.0 Å². The van der Waals surface area contributed by atoms with Crippen molar-refractivity contribution in [3.63, 3.8) is 0 Å². The van der Waals surface area contributed by atoms with Crippen molar-refractivity contribution in [1.82, 2.24) is 0 Å². The number of nitrogens with zero attached hydrogens (tertiary/aromatic N) is 1. The standard InChI is InChI=1S/C19H30IN3O2/c1-7-25-9-8-23-14(20)10-13-11(2)15(21)12(3)16(17(13)23)22-18(24)19(4,5)6/h14H,7-10,21H2,1-6H3,(H,22,24). The molecule has 0 saturated carbocycles. The first-order valence-electron chi connectivity index (χ1n) is 8.81. The number of nitrogen functional groups attached to an aromatic ring is 1. The Kier molecular flexibility index (Phi) is 6.25. The highest BCUT2D eigenvalue weighted by Gasteiger charge is 2.34. The molecule has 2 rings (SSSR count). The Bertz CT molecular complexity index is 668. The molecule has 0 bridgehead atoms. The molecule has 1 aromatic carbocycles. The SMILES string of the molecule is CCOCCN1c2c(c(C)c(N)c(C)c2NC(=O)C(C)(C)C)CC1I. The zero-order valence-electron chi connectivity index (χ0n) is 16.1. The number of hydrogen-bond acceptors (Lipinski definition) is 4. The maximum atomic E-state index is 12.6. The van der Waals surface area contributed by atoms with E-state index in [2.05, 4.69) is 39.7 Å². The molecule has 0 saturated heterocycles. The molecule has 0 radical (unpaired) electrons. The van der Waals surface area contributed by atoms with Gasteiger partial charge in [-0.05, 0) is 37.5 Å². The molecule has 1 heterocycles. The van der Waals surface area contributed by atoms with E-state index < -0.39 is 5.41 Å². The van der Waals surface area contributed by atoms with Crippen LogP contribution in [-0.4, -0.2) is 29.7 Å². The van der Waals surface area contributed by atoms with Crippen LogP contribution in [0.3, 0.4) is 0 Å². The number of ether oxygens (including phenoxy) is 1. The fourth-order valence-electron chi connectivity index (χ4n) is 3.08. The van der Waals surface area contributed by atoms with E-state index >= 15 is 0 Å². The third-order valence-electron chi connectivity index (χ3n) is 4.76. The lowest BCUT2D eigenvalue weighted by Crippen LogP contribution is -2.33. The van der Waals surface area contributed by atoms with Crippen LogP contribution < -0.4 is 16.0 Å². The number of nitrogens with one attached hydrogen (secondary N) is 1. The van der Waals surface area contributed by atoms with Crippen LogP contribution in [0.15, 0.2) is 0 Å². The summed E-state index contributed by atoms with van der Waals surface area (Å²) in [6, 6.07) is 0.